The molecule has 4 aliphatic rings. The highest BCUT2D eigenvalue weighted by molar-refractivity contribution is 7.98. The summed E-state index contributed by atoms with van der Waals surface area (Å²) < 4.78 is 25.4. The first-order chi connectivity index (χ1) is 30.0. The molecule has 2 saturated carbocycles. The minimum atomic E-state index is -0.607. The van der Waals surface area contributed by atoms with Crippen LogP contribution in [0.5, 0.6) is 11.5 Å². The zero-order chi connectivity index (χ0) is 43.0. The number of likely N-dealkylation sites (tertiary alicyclic amines) is 1. The number of hydrogen-bond acceptors (Lipinski definition) is 10. The van der Waals surface area contributed by atoms with Gasteiger partial charge in [0.1, 0.15) is 28.7 Å². The van der Waals surface area contributed by atoms with E-state index in [4.69, 9.17) is 4.74 Å². The van der Waals surface area contributed by atoms with Crippen molar-refractivity contribution in [1.82, 2.24) is 19.6 Å². The molecule has 62 heavy (non-hydrogen) atoms. The summed E-state index contributed by atoms with van der Waals surface area (Å²) in [6.07, 6.45) is 13.0. The molecule has 14 heteroatoms. The maximum Gasteiger partial charge on any atom is 0.293 e. The number of H-pyrrole nitrogens is 1. The second-order valence-corrected chi connectivity index (χ2v) is 19.1. The van der Waals surface area contributed by atoms with Crippen molar-refractivity contribution in [2.45, 2.75) is 107 Å². The van der Waals surface area contributed by atoms with Gasteiger partial charge in [-0.15, -0.1) is 0 Å². The number of pyridine rings is 1. The van der Waals surface area contributed by atoms with E-state index in [1.807, 2.05) is 12.1 Å². The quantitative estimate of drug-likeness (QED) is 0.0512. The molecule has 5 aromatic rings. The van der Waals surface area contributed by atoms with Crippen LogP contribution in [-0.4, -0.2) is 69.1 Å². The highest BCUT2D eigenvalue weighted by atomic mass is 32.2. The smallest absolute Gasteiger partial charge is 0.293 e. The zero-order valence-electron chi connectivity index (χ0n) is 35.4. The largest absolute Gasteiger partial charge is 0.455 e. The van der Waals surface area contributed by atoms with Crippen molar-refractivity contribution in [3.63, 3.8) is 0 Å². The number of nitro groups is 1. The number of nitro benzene ring substituents is 1. The Kier molecular flexibility index (Phi) is 12.2. The summed E-state index contributed by atoms with van der Waals surface area (Å²) in [6, 6.07) is 21.3. The molecule has 9 rings (SSSR count). The molecule has 12 nitrogen and oxygen atoms in total. The second-order valence-electron chi connectivity index (χ2n) is 18.2. The molecule has 4 heterocycles. The SMILES string of the molecule is CC(C)c1ccccc1C1CCCN1C1CC2(CCN(c3cc(Oc4cnc5[nH]ccc5c4)c(C(=O)NSc4ccc(NCC5CCC(O)CC5)c([N+](=O)[O-])c4)cc3F)CC2)C1. The molecule has 4 N–H and O–H groups in total. The van der Waals surface area contributed by atoms with Crippen LogP contribution in [0.15, 0.2) is 84.0 Å². The second kappa shape index (κ2) is 17.9. The van der Waals surface area contributed by atoms with E-state index in [9.17, 15) is 20.0 Å². The minimum Gasteiger partial charge on any atom is -0.455 e. The summed E-state index contributed by atoms with van der Waals surface area (Å²) in [5.41, 5.74) is 4.55. The number of halogens is 1. The van der Waals surface area contributed by atoms with Gasteiger partial charge >= 0.3 is 0 Å². The van der Waals surface area contributed by atoms with Crippen molar-refractivity contribution < 1.29 is 24.0 Å². The predicted molar refractivity (Wildman–Crippen MR) is 242 cm³/mol. The highest BCUT2D eigenvalue weighted by Gasteiger charge is 2.50. The van der Waals surface area contributed by atoms with Crippen molar-refractivity contribution >= 4 is 46.0 Å². The summed E-state index contributed by atoms with van der Waals surface area (Å²) in [5.74, 6) is 0.271. The summed E-state index contributed by atoms with van der Waals surface area (Å²) in [4.78, 5) is 38.3. The number of aromatic nitrogens is 2. The van der Waals surface area contributed by atoms with Gasteiger partial charge in [0, 0.05) is 60.3 Å². The topological polar surface area (TPSA) is 149 Å². The number of aliphatic hydroxyl groups is 1. The fourth-order valence-electron chi connectivity index (χ4n) is 10.5. The predicted octanol–water partition coefficient (Wildman–Crippen LogP) is 10.5. The number of fused-ring (bicyclic) bond motifs is 1. The number of nitrogens with one attached hydrogen (secondary N) is 3. The average Bonchev–Trinajstić information content (AvgIpc) is 3.95. The fraction of sp³-hybridized carbons (Fsp3) is 0.458. The maximum atomic E-state index is 16.3. The van der Waals surface area contributed by atoms with Crippen molar-refractivity contribution in [2.24, 2.45) is 11.3 Å². The lowest BCUT2D eigenvalue weighted by Gasteiger charge is -2.56. The van der Waals surface area contributed by atoms with Gasteiger partial charge in [0.15, 0.2) is 0 Å². The summed E-state index contributed by atoms with van der Waals surface area (Å²) in [7, 11) is 0. The number of piperidine rings is 1. The third-order valence-corrected chi connectivity index (χ3v) is 14.7. The lowest BCUT2D eigenvalue weighted by atomic mass is 9.59. The van der Waals surface area contributed by atoms with Gasteiger partial charge in [0.25, 0.3) is 11.6 Å². The molecule has 1 amide bonds. The van der Waals surface area contributed by atoms with E-state index in [0.717, 1.165) is 75.2 Å². The highest BCUT2D eigenvalue weighted by Crippen LogP contribution is 2.54. The van der Waals surface area contributed by atoms with Gasteiger partial charge in [-0.05, 0) is 141 Å². The summed E-state index contributed by atoms with van der Waals surface area (Å²) >= 11 is 0.917. The van der Waals surface area contributed by atoms with Crippen LogP contribution in [0.25, 0.3) is 11.0 Å². The maximum absolute atomic E-state index is 16.3. The number of anilines is 2. The van der Waals surface area contributed by atoms with Crippen LogP contribution < -0.4 is 19.7 Å². The molecule has 1 atom stereocenters. The van der Waals surface area contributed by atoms with Gasteiger partial charge in [-0.1, -0.05) is 38.1 Å². The Hall–Kier alpha value is -5.18. The van der Waals surface area contributed by atoms with E-state index in [2.05, 4.69) is 67.9 Å². The molecule has 326 valence electrons. The van der Waals surface area contributed by atoms with Crippen LogP contribution in [0, 0.1) is 27.3 Å². The molecular formula is C48H56FN7O5S. The molecule has 0 radical (unpaired) electrons. The van der Waals surface area contributed by atoms with E-state index in [-0.39, 0.29) is 28.5 Å². The summed E-state index contributed by atoms with van der Waals surface area (Å²) in [6.45, 7) is 7.68. The first kappa shape index (κ1) is 42.1. The number of benzene rings is 3. The molecule has 2 aliphatic carbocycles. The van der Waals surface area contributed by atoms with E-state index in [0.29, 0.717) is 71.2 Å². The number of rotatable bonds is 13. The Morgan fingerprint density at radius 3 is 2.61 bits per heavy atom. The first-order valence-electron chi connectivity index (χ1n) is 22.2. The van der Waals surface area contributed by atoms with Crippen LogP contribution in [0.2, 0.25) is 0 Å². The van der Waals surface area contributed by atoms with Gasteiger partial charge in [0.05, 0.1) is 28.5 Å². The lowest BCUT2D eigenvalue weighted by molar-refractivity contribution is -0.384. The van der Waals surface area contributed by atoms with Crippen LogP contribution in [0.4, 0.5) is 21.5 Å². The third-order valence-electron chi connectivity index (χ3n) is 14.0. The van der Waals surface area contributed by atoms with Crippen LogP contribution in [0.1, 0.15) is 112 Å². The molecule has 1 spiro atoms. The average molecular weight is 862 g/mol. The normalized spacial score (nSPS) is 21.6. The summed E-state index contributed by atoms with van der Waals surface area (Å²) in [5, 5.41) is 26.0. The molecule has 1 unspecified atom stereocenters. The molecule has 3 aromatic carbocycles. The molecule has 2 aliphatic heterocycles. The van der Waals surface area contributed by atoms with E-state index >= 15 is 4.39 Å². The van der Waals surface area contributed by atoms with Crippen LogP contribution in [-0.2, 0) is 0 Å². The number of amides is 1. The number of aliphatic hydroxyl groups excluding tert-OH is 1. The standard InChI is InChI=1S/C48H56FN7O5S/c1-30(2)37-6-3-4-7-38(37)42-8-5-19-55(42)33-26-48(27-33)16-20-54(21-17-48)43-25-45(61-35-22-32-15-18-50-46(32)52-29-35)39(24-40(43)49)47(58)53-62-36-13-14-41(44(23-36)56(59)60)51-28-31-9-11-34(57)12-10-31/h3-4,6-7,13-15,18,22-25,29-31,33-34,42,51,57H,5,8-12,16-17,19-21,26-28H2,1-2H3,(H,50,52)(H,53,58). The Balaban J connectivity index is 0.885. The van der Waals surface area contributed by atoms with Crippen molar-refractivity contribution in [3.05, 3.63) is 112 Å². The monoisotopic (exact) mass is 861 g/mol. The van der Waals surface area contributed by atoms with E-state index < -0.39 is 16.6 Å². The van der Waals surface area contributed by atoms with Crippen molar-refractivity contribution in [3.8, 4) is 11.5 Å². The fourth-order valence-corrected chi connectivity index (χ4v) is 11.1. The van der Waals surface area contributed by atoms with Gasteiger partial charge in [-0.2, -0.15) is 0 Å². The minimum absolute atomic E-state index is 0.00664. The van der Waals surface area contributed by atoms with Gasteiger partial charge in [0.2, 0.25) is 0 Å². The number of aromatic amines is 1. The Bertz CT molecular complexity index is 2420. The number of carbonyl (C=O) groups excluding carboxylic acids is 1. The molecule has 2 saturated heterocycles. The zero-order valence-corrected chi connectivity index (χ0v) is 36.3. The number of nitrogens with zero attached hydrogens (tertiary/aromatic N) is 4. The number of ether oxygens (including phenoxy) is 1. The van der Waals surface area contributed by atoms with E-state index in [1.165, 1.54) is 36.1 Å². The third kappa shape index (κ3) is 8.87. The molecule has 4 fully saturated rings. The lowest BCUT2D eigenvalue weighted by Crippen LogP contribution is -2.55. The molecule has 0 bridgehead atoms. The Labute approximate surface area is 366 Å². The first-order valence-corrected chi connectivity index (χ1v) is 23.1. The van der Waals surface area contributed by atoms with Gasteiger partial charge in [-0.3, -0.25) is 24.5 Å². The van der Waals surface area contributed by atoms with Crippen LogP contribution in [0.3, 0.4) is 0 Å². The van der Waals surface area contributed by atoms with E-state index in [1.54, 1.807) is 30.6 Å². The molecule has 2 aromatic heterocycles. The van der Waals surface area contributed by atoms with Crippen molar-refractivity contribution in [1.29, 1.82) is 0 Å². The molecular weight excluding hydrogens is 806 g/mol. The van der Waals surface area contributed by atoms with Crippen molar-refractivity contribution in [2.75, 3.05) is 36.4 Å². The van der Waals surface area contributed by atoms with Gasteiger partial charge in [-0.25, -0.2) is 9.37 Å². The van der Waals surface area contributed by atoms with Crippen LogP contribution >= 0.6 is 11.9 Å². The number of carbonyl (C=O) groups is 1. The Morgan fingerprint density at radius 1 is 1.05 bits per heavy atom. The number of hydrogen-bond donors (Lipinski definition) is 4. The Morgan fingerprint density at radius 2 is 1.84 bits per heavy atom. The van der Waals surface area contributed by atoms with Gasteiger partial charge < -0.3 is 25.0 Å².